The number of thiophene rings is 1. The SMILES string of the molecule is CN(Cc1ccco1)C(=O)c1sccc1S(=O)(=O)N1CCCCC1. The Morgan fingerprint density at radius 2 is 2.04 bits per heavy atom. The molecule has 0 saturated carbocycles. The molecule has 0 N–H and O–H groups in total. The largest absolute Gasteiger partial charge is 0.467 e. The van der Waals surface area contributed by atoms with E-state index in [9.17, 15) is 13.2 Å². The number of nitrogens with zero attached hydrogens (tertiary/aromatic N) is 2. The molecule has 1 aliphatic rings. The highest BCUT2D eigenvalue weighted by Crippen LogP contribution is 2.28. The maximum atomic E-state index is 12.9. The van der Waals surface area contributed by atoms with Gasteiger partial charge in [-0.05, 0) is 36.4 Å². The first kappa shape index (κ1) is 17.2. The predicted octanol–water partition coefficient (Wildman–Crippen LogP) is 2.79. The molecule has 0 spiro atoms. The second-order valence-corrected chi connectivity index (χ2v) is 8.64. The van der Waals surface area contributed by atoms with Crippen molar-refractivity contribution < 1.29 is 17.6 Å². The smallest absolute Gasteiger partial charge is 0.265 e. The number of sulfonamides is 1. The first-order chi connectivity index (χ1) is 11.5. The summed E-state index contributed by atoms with van der Waals surface area (Å²) in [5, 5.41) is 1.66. The zero-order valence-electron chi connectivity index (χ0n) is 13.5. The van der Waals surface area contributed by atoms with Crippen molar-refractivity contribution in [2.45, 2.75) is 30.7 Å². The van der Waals surface area contributed by atoms with Crippen LogP contribution in [0.25, 0.3) is 0 Å². The molecule has 0 bridgehead atoms. The van der Waals surface area contributed by atoms with E-state index in [-0.39, 0.29) is 15.7 Å². The molecule has 0 aromatic carbocycles. The second-order valence-electron chi connectivity index (χ2n) is 5.82. The number of rotatable bonds is 5. The van der Waals surface area contributed by atoms with E-state index < -0.39 is 10.0 Å². The molecule has 3 rings (SSSR count). The average Bonchev–Trinajstić information content (AvgIpc) is 3.26. The Morgan fingerprint density at radius 1 is 1.29 bits per heavy atom. The van der Waals surface area contributed by atoms with E-state index >= 15 is 0 Å². The molecule has 2 aromatic rings. The number of amides is 1. The quantitative estimate of drug-likeness (QED) is 0.814. The van der Waals surface area contributed by atoms with E-state index in [0.717, 1.165) is 30.6 Å². The molecular formula is C16H20N2O4S2. The maximum Gasteiger partial charge on any atom is 0.265 e. The summed E-state index contributed by atoms with van der Waals surface area (Å²) in [6.07, 6.45) is 4.33. The lowest BCUT2D eigenvalue weighted by Crippen LogP contribution is -2.36. The van der Waals surface area contributed by atoms with E-state index in [4.69, 9.17) is 4.42 Å². The Labute approximate surface area is 145 Å². The summed E-state index contributed by atoms with van der Waals surface area (Å²) in [6, 6.07) is 5.07. The van der Waals surface area contributed by atoms with Crippen molar-refractivity contribution in [3.05, 3.63) is 40.5 Å². The fourth-order valence-electron chi connectivity index (χ4n) is 2.78. The van der Waals surface area contributed by atoms with Gasteiger partial charge in [-0.25, -0.2) is 8.42 Å². The number of piperidine rings is 1. The third-order valence-corrected chi connectivity index (χ3v) is 7.05. The van der Waals surface area contributed by atoms with Gasteiger partial charge in [0.05, 0.1) is 12.8 Å². The van der Waals surface area contributed by atoms with Gasteiger partial charge in [-0.2, -0.15) is 4.31 Å². The van der Waals surface area contributed by atoms with Crippen molar-refractivity contribution in [1.29, 1.82) is 0 Å². The van der Waals surface area contributed by atoms with Gasteiger partial charge in [-0.15, -0.1) is 11.3 Å². The predicted molar refractivity (Wildman–Crippen MR) is 91.4 cm³/mol. The zero-order chi connectivity index (χ0) is 17.2. The number of carbonyl (C=O) groups excluding carboxylic acids is 1. The average molecular weight is 368 g/mol. The highest BCUT2D eigenvalue weighted by Gasteiger charge is 2.31. The molecule has 1 aliphatic heterocycles. The molecular weight excluding hydrogens is 348 g/mol. The van der Waals surface area contributed by atoms with E-state index in [1.54, 1.807) is 30.8 Å². The third-order valence-electron chi connectivity index (χ3n) is 4.08. The van der Waals surface area contributed by atoms with Crippen LogP contribution in [0, 0.1) is 0 Å². The van der Waals surface area contributed by atoms with Crippen LogP contribution in [0.1, 0.15) is 34.7 Å². The topological polar surface area (TPSA) is 70.8 Å². The molecule has 1 fully saturated rings. The molecule has 6 nitrogen and oxygen atoms in total. The molecule has 8 heteroatoms. The molecule has 3 heterocycles. The number of carbonyl (C=O) groups is 1. The van der Waals surface area contributed by atoms with Crippen molar-refractivity contribution in [1.82, 2.24) is 9.21 Å². The normalized spacial score (nSPS) is 16.2. The molecule has 130 valence electrons. The van der Waals surface area contributed by atoms with Gasteiger partial charge < -0.3 is 9.32 Å². The van der Waals surface area contributed by atoms with Crippen LogP contribution in [0.15, 0.2) is 39.2 Å². The van der Waals surface area contributed by atoms with Gasteiger partial charge in [0.25, 0.3) is 5.91 Å². The monoisotopic (exact) mass is 368 g/mol. The first-order valence-corrected chi connectivity index (χ1v) is 10.2. The van der Waals surface area contributed by atoms with Crippen LogP contribution in [0.2, 0.25) is 0 Å². The fraction of sp³-hybridized carbons (Fsp3) is 0.438. The van der Waals surface area contributed by atoms with Gasteiger partial charge in [0.15, 0.2) is 0 Å². The van der Waals surface area contributed by atoms with Crippen molar-refractivity contribution in [2.75, 3.05) is 20.1 Å². The van der Waals surface area contributed by atoms with Gasteiger partial charge in [0.2, 0.25) is 10.0 Å². The van der Waals surface area contributed by atoms with E-state index in [1.165, 1.54) is 15.3 Å². The van der Waals surface area contributed by atoms with E-state index in [2.05, 4.69) is 0 Å². The summed E-state index contributed by atoms with van der Waals surface area (Å²) in [7, 11) is -1.98. The van der Waals surface area contributed by atoms with Crippen LogP contribution < -0.4 is 0 Å². The van der Waals surface area contributed by atoms with Crippen LogP contribution in [0.5, 0.6) is 0 Å². The zero-order valence-corrected chi connectivity index (χ0v) is 15.1. The standard InChI is InChI=1S/C16H20N2O4S2/c1-17(12-13-6-5-10-22-13)16(19)15-14(7-11-23-15)24(20,21)18-8-3-2-4-9-18/h5-7,10-11H,2-4,8-9,12H2,1H3. The number of hydrogen-bond acceptors (Lipinski definition) is 5. The van der Waals surface area contributed by atoms with Crippen molar-refractivity contribution in [3.63, 3.8) is 0 Å². The summed E-state index contributed by atoms with van der Waals surface area (Å²) >= 11 is 1.16. The molecule has 0 unspecified atom stereocenters. The Balaban J connectivity index is 1.82. The Kier molecular flexibility index (Phi) is 5.07. The van der Waals surface area contributed by atoms with Crippen molar-refractivity contribution in [2.24, 2.45) is 0 Å². The Bertz CT molecular complexity index is 790. The van der Waals surface area contributed by atoms with Crippen LogP contribution in [0.4, 0.5) is 0 Å². The molecule has 24 heavy (non-hydrogen) atoms. The lowest BCUT2D eigenvalue weighted by molar-refractivity contribution is 0.0776. The van der Waals surface area contributed by atoms with Gasteiger partial charge in [0, 0.05) is 20.1 Å². The molecule has 0 radical (unpaired) electrons. The number of hydrogen-bond donors (Lipinski definition) is 0. The Morgan fingerprint density at radius 3 is 2.71 bits per heavy atom. The summed E-state index contributed by atoms with van der Waals surface area (Å²) in [4.78, 5) is 14.5. The molecule has 0 aliphatic carbocycles. The van der Waals surface area contributed by atoms with E-state index in [0.29, 0.717) is 25.4 Å². The number of furan rings is 1. The van der Waals surface area contributed by atoms with Crippen LogP contribution in [-0.2, 0) is 16.6 Å². The summed E-state index contributed by atoms with van der Waals surface area (Å²) in [6.45, 7) is 1.34. The van der Waals surface area contributed by atoms with Gasteiger partial charge >= 0.3 is 0 Å². The lowest BCUT2D eigenvalue weighted by atomic mass is 10.2. The molecule has 0 atom stereocenters. The first-order valence-electron chi connectivity index (χ1n) is 7.85. The van der Waals surface area contributed by atoms with Crippen LogP contribution in [-0.4, -0.2) is 43.7 Å². The Hall–Kier alpha value is -1.64. The molecule has 1 amide bonds. The minimum Gasteiger partial charge on any atom is -0.467 e. The third kappa shape index (κ3) is 3.40. The highest BCUT2D eigenvalue weighted by atomic mass is 32.2. The van der Waals surface area contributed by atoms with Crippen molar-refractivity contribution in [3.8, 4) is 0 Å². The fourth-order valence-corrected chi connectivity index (χ4v) is 5.69. The minimum absolute atomic E-state index is 0.116. The van der Waals surface area contributed by atoms with Gasteiger partial charge in [0.1, 0.15) is 15.5 Å². The summed E-state index contributed by atoms with van der Waals surface area (Å²) in [5.74, 6) is 0.347. The van der Waals surface area contributed by atoms with Gasteiger partial charge in [-0.1, -0.05) is 6.42 Å². The van der Waals surface area contributed by atoms with Crippen LogP contribution >= 0.6 is 11.3 Å². The van der Waals surface area contributed by atoms with Crippen LogP contribution in [0.3, 0.4) is 0 Å². The highest BCUT2D eigenvalue weighted by molar-refractivity contribution is 7.89. The second kappa shape index (κ2) is 7.08. The van der Waals surface area contributed by atoms with E-state index in [1.807, 2.05) is 0 Å². The molecule has 2 aromatic heterocycles. The molecule has 1 saturated heterocycles. The van der Waals surface area contributed by atoms with Crippen molar-refractivity contribution >= 4 is 27.3 Å². The van der Waals surface area contributed by atoms with Gasteiger partial charge in [-0.3, -0.25) is 4.79 Å². The summed E-state index contributed by atoms with van der Waals surface area (Å²) in [5.41, 5.74) is 0. The minimum atomic E-state index is -3.62. The lowest BCUT2D eigenvalue weighted by Gasteiger charge is -2.26. The summed E-state index contributed by atoms with van der Waals surface area (Å²) < 4.78 is 32.4. The maximum absolute atomic E-state index is 12.9.